The molecule has 1 aromatic heterocycles. The zero-order valence-electron chi connectivity index (χ0n) is 16.8. The predicted molar refractivity (Wildman–Crippen MR) is 112 cm³/mol. The number of carbonyl (C=O) groups excluding carboxylic acids is 2. The topological polar surface area (TPSA) is 93.2 Å². The van der Waals surface area contributed by atoms with Crippen molar-refractivity contribution in [2.24, 2.45) is 5.73 Å². The Morgan fingerprint density at radius 2 is 1.88 bits per heavy atom. The van der Waals surface area contributed by atoms with Crippen LogP contribution in [0.1, 0.15) is 21.6 Å². The summed E-state index contributed by atoms with van der Waals surface area (Å²) in [4.78, 5) is 26.2. The number of nitrogens with one attached hydrogen (secondary N) is 1. The van der Waals surface area contributed by atoms with Gasteiger partial charge in [-0.2, -0.15) is 18.3 Å². The van der Waals surface area contributed by atoms with Crippen molar-refractivity contribution in [3.05, 3.63) is 70.1 Å². The van der Waals surface area contributed by atoms with Crippen LogP contribution in [0, 0.1) is 5.82 Å². The normalized spacial score (nSPS) is 13.5. The highest BCUT2D eigenvalue weighted by Gasteiger charge is 2.34. The van der Waals surface area contributed by atoms with E-state index in [2.05, 4.69) is 10.4 Å². The fourth-order valence-corrected chi connectivity index (χ4v) is 3.82. The van der Waals surface area contributed by atoms with Gasteiger partial charge >= 0.3 is 12.2 Å². The van der Waals surface area contributed by atoms with Gasteiger partial charge in [0.05, 0.1) is 34.9 Å². The zero-order valence-corrected chi connectivity index (χ0v) is 17.5. The van der Waals surface area contributed by atoms with Crippen LogP contribution in [0.2, 0.25) is 5.02 Å². The highest BCUT2D eigenvalue weighted by atomic mass is 35.5. The number of fused-ring (bicyclic) bond motifs is 1. The second-order valence-electron chi connectivity index (χ2n) is 7.31. The van der Waals surface area contributed by atoms with E-state index in [0.29, 0.717) is 17.3 Å². The van der Waals surface area contributed by atoms with Gasteiger partial charge in [0.1, 0.15) is 11.5 Å². The van der Waals surface area contributed by atoms with Gasteiger partial charge in [0.2, 0.25) is 0 Å². The van der Waals surface area contributed by atoms with Gasteiger partial charge in [-0.25, -0.2) is 9.18 Å². The van der Waals surface area contributed by atoms with E-state index in [1.807, 2.05) is 0 Å². The number of urea groups is 1. The molecule has 3 aromatic rings. The monoisotopic (exact) mass is 481 g/mol. The van der Waals surface area contributed by atoms with E-state index >= 15 is 0 Å². The molecule has 0 saturated carbocycles. The van der Waals surface area contributed by atoms with Gasteiger partial charge in [-0.05, 0) is 30.3 Å². The van der Waals surface area contributed by atoms with Crippen LogP contribution in [0.15, 0.2) is 42.5 Å². The lowest BCUT2D eigenvalue weighted by atomic mass is 10.0. The van der Waals surface area contributed by atoms with Gasteiger partial charge in [0, 0.05) is 17.8 Å². The Kier molecular flexibility index (Phi) is 5.75. The third-order valence-electron chi connectivity index (χ3n) is 5.15. The maximum atomic E-state index is 13.9. The van der Waals surface area contributed by atoms with Gasteiger partial charge < -0.3 is 16.0 Å². The number of primary amides is 1. The Balaban J connectivity index is 1.78. The fraction of sp³-hybridized carbons (Fsp3) is 0.190. The van der Waals surface area contributed by atoms with Crippen LogP contribution in [0.25, 0.3) is 11.3 Å². The molecule has 0 bridgehead atoms. The average molecular weight is 482 g/mol. The van der Waals surface area contributed by atoms with Gasteiger partial charge in [-0.3, -0.25) is 9.48 Å². The van der Waals surface area contributed by atoms with E-state index in [-0.39, 0.29) is 36.6 Å². The number of hydrogen-bond donors (Lipinski definition) is 2. The summed E-state index contributed by atoms with van der Waals surface area (Å²) in [5.41, 5.74) is 4.85. The molecule has 33 heavy (non-hydrogen) atoms. The SMILES string of the molecule is NC(=O)N1CCn2nc(-c3cccc(F)c3)c(C(=O)Nc3ccc(Cl)c(C(F)(F)F)c3)c2C1. The number of benzene rings is 2. The van der Waals surface area contributed by atoms with E-state index < -0.39 is 34.5 Å². The molecule has 4 rings (SSSR count). The molecule has 12 heteroatoms. The van der Waals surface area contributed by atoms with Gasteiger partial charge in [0.25, 0.3) is 5.91 Å². The second kappa shape index (κ2) is 8.39. The molecule has 1 aliphatic rings. The lowest BCUT2D eigenvalue weighted by Crippen LogP contribution is -2.42. The summed E-state index contributed by atoms with van der Waals surface area (Å²) < 4.78 is 55.0. The number of aromatic nitrogens is 2. The van der Waals surface area contributed by atoms with Crippen molar-refractivity contribution >= 4 is 29.2 Å². The van der Waals surface area contributed by atoms with Crippen molar-refractivity contribution in [1.82, 2.24) is 14.7 Å². The number of carbonyl (C=O) groups is 2. The van der Waals surface area contributed by atoms with E-state index in [4.69, 9.17) is 17.3 Å². The summed E-state index contributed by atoms with van der Waals surface area (Å²) >= 11 is 5.65. The van der Waals surface area contributed by atoms with Crippen LogP contribution in [0.3, 0.4) is 0 Å². The summed E-state index contributed by atoms with van der Waals surface area (Å²) in [6, 6.07) is 7.65. The van der Waals surface area contributed by atoms with Crippen LogP contribution in [-0.4, -0.2) is 33.2 Å². The molecule has 0 saturated heterocycles. The summed E-state index contributed by atoms with van der Waals surface area (Å²) in [5.74, 6) is -1.34. The van der Waals surface area contributed by atoms with Gasteiger partial charge in [0.15, 0.2) is 0 Å². The van der Waals surface area contributed by atoms with Crippen LogP contribution in [-0.2, 0) is 19.3 Å². The Morgan fingerprint density at radius 1 is 1.12 bits per heavy atom. The molecule has 1 aliphatic heterocycles. The first-order valence-electron chi connectivity index (χ1n) is 9.62. The van der Waals surface area contributed by atoms with Gasteiger partial charge in [-0.15, -0.1) is 0 Å². The number of anilines is 1. The molecular formula is C21H16ClF4N5O2. The summed E-state index contributed by atoms with van der Waals surface area (Å²) in [6.45, 7) is 0.432. The molecular weight excluding hydrogens is 466 g/mol. The molecule has 2 heterocycles. The average Bonchev–Trinajstić information content (AvgIpc) is 3.13. The lowest BCUT2D eigenvalue weighted by Gasteiger charge is -2.26. The van der Waals surface area contributed by atoms with Crippen molar-refractivity contribution in [1.29, 1.82) is 0 Å². The Labute approximate surface area is 189 Å². The molecule has 0 aliphatic carbocycles. The van der Waals surface area contributed by atoms with Crippen molar-refractivity contribution in [3.8, 4) is 11.3 Å². The minimum atomic E-state index is -4.72. The van der Waals surface area contributed by atoms with E-state index in [1.54, 1.807) is 6.07 Å². The predicted octanol–water partition coefficient (Wildman–Crippen LogP) is 4.51. The molecule has 3 N–H and O–H groups in total. The number of rotatable bonds is 3. The first-order valence-corrected chi connectivity index (χ1v) is 10.0. The third-order valence-corrected chi connectivity index (χ3v) is 5.48. The second-order valence-corrected chi connectivity index (χ2v) is 7.72. The molecule has 0 spiro atoms. The quantitative estimate of drug-likeness (QED) is 0.539. The third kappa shape index (κ3) is 4.49. The fourth-order valence-electron chi connectivity index (χ4n) is 3.60. The number of nitrogens with zero attached hydrogens (tertiary/aromatic N) is 3. The smallest absolute Gasteiger partial charge is 0.351 e. The highest BCUT2D eigenvalue weighted by molar-refractivity contribution is 6.31. The minimum Gasteiger partial charge on any atom is -0.351 e. The van der Waals surface area contributed by atoms with Crippen molar-refractivity contribution < 1.29 is 27.2 Å². The summed E-state index contributed by atoms with van der Waals surface area (Å²) in [7, 11) is 0. The Morgan fingerprint density at radius 3 is 2.55 bits per heavy atom. The number of hydrogen-bond acceptors (Lipinski definition) is 3. The van der Waals surface area contributed by atoms with Crippen molar-refractivity contribution in [2.75, 3.05) is 11.9 Å². The number of amides is 3. The lowest BCUT2D eigenvalue weighted by molar-refractivity contribution is -0.137. The standard InChI is InChI=1S/C21H16ClF4N5O2/c22-15-5-4-13(9-14(15)21(24,25)26)28-19(32)17-16-10-30(20(27)33)6-7-31(16)29-18(17)11-2-1-3-12(23)8-11/h1-5,8-9H,6-7,10H2,(H2,27,33)(H,28,32). The maximum Gasteiger partial charge on any atom is 0.417 e. The van der Waals surface area contributed by atoms with Crippen molar-refractivity contribution in [3.63, 3.8) is 0 Å². The van der Waals surface area contributed by atoms with E-state index in [0.717, 1.165) is 6.07 Å². The molecule has 3 amide bonds. The largest absolute Gasteiger partial charge is 0.417 e. The van der Waals surface area contributed by atoms with E-state index in [1.165, 1.54) is 33.8 Å². The first kappa shape index (κ1) is 22.6. The van der Waals surface area contributed by atoms with Crippen LogP contribution in [0.4, 0.5) is 28.0 Å². The molecule has 0 atom stereocenters. The van der Waals surface area contributed by atoms with E-state index in [9.17, 15) is 27.2 Å². The number of nitrogens with two attached hydrogens (primary N) is 1. The molecule has 7 nitrogen and oxygen atoms in total. The van der Waals surface area contributed by atoms with Crippen LogP contribution < -0.4 is 11.1 Å². The zero-order chi connectivity index (χ0) is 23.9. The highest BCUT2D eigenvalue weighted by Crippen LogP contribution is 2.36. The molecule has 0 radical (unpaired) electrons. The summed E-state index contributed by atoms with van der Waals surface area (Å²) in [5, 5.41) is 6.31. The Bertz CT molecular complexity index is 1260. The molecule has 172 valence electrons. The molecule has 0 fully saturated rings. The first-order chi connectivity index (χ1) is 15.5. The number of alkyl halides is 3. The molecule has 2 aromatic carbocycles. The van der Waals surface area contributed by atoms with Gasteiger partial charge in [-0.1, -0.05) is 23.7 Å². The van der Waals surface area contributed by atoms with Crippen molar-refractivity contribution in [2.45, 2.75) is 19.3 Å². The van der Waals surface area contributed by atoms with Crippen LogP contribution >= 0.6 is 11.6 Å². The van der Waals surface area contributed by atoms with Crippen LogP contribution in [0.5, 0.6) is 0 Å². The summed E-state index contributed by atoms with van der Waals surface area (Å²) in [6.07, 6.45) is -4.72. The molecule has 0 unspecified atom stereocenters. The number of halogens is 5. The maximum absolute atomic E-state index is 13.9. The Hall–Kier alpha value is -3.60. The minimum absolute atomic E-state index is 0.00458.